The van der Waals surface area contributed by atoms with Crippen molar-refractivity contribution in [1.82, 2.24) is 0 Å². The Hall–Kier alpha value is -3.48. The molecule has 2 aromatic rings. The van der Waals surface area contributed by atoms with Gasteiger partial charge in [0.15, 0.2) is 12.0 Å². The van der Waals surface area contributed by atoms with Crippen molar-refractivity contribution in [2.45, 2.75) is 0 Å². The molecule has 0 aromatic heterocycles. The van der Waals surface area contributed by atoms with Gasteiger partial charge in [-0.2, -0.15) is 0 Å². The number of esters is 2. The number of para-hydroxylation sites is 2. The van der Waals surface area contributed by atoms with Crippen molar-refractivity contribution in [3.63, 3.8) is 0 Å². The van der Waals surface area contributed by atoms with Crippen molar-refractivity contribution in [2.24, 2.45) is 5.16 Å². The van der Waals surface area contributed by atoms with E-state index in [0.29, 0.717) is 12.0 Å². The Morgan fingerprint density at radius 1 is 0.913 bits per heavy atom. The van der Waals surface area contributed by atoms with Gasteiger partial charge >= 0.3 is 11.9 Å². The largest absolute Gasteiger partial charge is 0.434 e. The van der Waals surface area contributed by atoms with Gasteiger partial charge in [0.25, 0.3) is 5.90 Å². The van der Waals surface area contributed by atoms with Crippen molar-refractivity contribution in [2.75, 3.05) is 0 Å². The Labute approximate surface area is 131 Å². The van der Waals surface area contributed by atoms with E-state index in [4.69, 9.17) is 15.0 Å². The third-order valence-electron chi connectivity index (χ3n) is 2.40. The second-order valence-electron chi connectivity index (χ2n) is 4.09. The standard InChI is InChI=1S/C16H12N2O5/c17-15(21-12-7-3-1-4-8-12)16(20)22-14(19)11-18-23-13-9-5-2-6-10-13/h1-11,17H. The van der Waals surface area contributed by atoms with Crippen molar-refractivity contribution in [1.29, 1.82) is 5.41 Å². The van der Waals surface area contributed by atoms with Crippen molar-refractivity contribution in [3.8, 4) is 11.5 Å². The molecule has 0 saturated carbocycles. The molecule has 0 aliphatic carbocycles. The van der Waals surface area contributed by atoms with E-state index in [2.05, 4.69) is 9.89 Å². The van der Waals surface area contributed by atoms with E-state index in [1.54, 1.807) is 60.7 Å². The van der Waals surface area contributed by atoms with Crippen LogP contribution in [-0.4, -0.2) is 24.1 Å². The van der Waals surface area contributed by atoms with E-state index in [1.807, 2.05) is 0 Å². The molecule has 0 heterocycles. The normalized spacial score (nSPS) is 10.1. The molecule has 0 bridgehead atoms. The number of carbonyl (C=O) groups is 2. The van der Waals surface area contributed by atoms with Gasteiger partial charge in [0.2, 0.25) is 0 Å². The van der Waals surface area contributed by atoms with Crippen molar-refractivity contribution >= 4 is 24.1 Å². The van der Waals surface area contributed by atoms with E-state index in [-0.39, 0.29) is 5.75 Å². The molecule has 7 nitrogen and oxygen atoms in total. The fraction of sp³-hybridized carbons (Fsp3) is 0. The molecule has 0 saturated heterocycles. The van der Waals surface area contributed by atoms with Crippen LogP contribution in [0.25, 0.3) is 0 Å². The maximum Gasteiger partial charge on any atom is 0.401 e. The molecular weight excluding hydrogens is 300 g/mol. The molecule has 0 amide bonds. The van der Waals surface area contributed by atoms with Crippen LogP contribution in [0.15, 0.2) is 65.8 Å². The molecule has 1 N–H and O–H groups in total. The molecule has 0 atom stereocenters. The van der Waals surface area contributed by atoms with Crippen LogP contribution in [0.1, 0.15) is 0 Å². The van der Waals surface area contributed by atoms with Gasteiger partial charge in [0.1, 0.15) is 5.75 Å². The van der Waals surface area contributed by atoms with Crippen LogP contribution in [-0.2, 0) is 14.3 Å². The summed E-state index contributed by atoms with van der Waals surface area (Å²) in [6.07, 6.45) is 0.681. The summed E-state index contributed by atoms with van der Waals surface area (Å²) in [7, 11) is 0. The monoisotopic (exact) mass is 312 g/mol. The molecule has 0 spiro atoms. The first-order valence-corrected chi connectivity index (χ1v) is 6.48. The highest BCUT2D eigenvalue weighted by Crippen LogP contribution is 2.09. The van der Waals surface area contributed by atoms with Crippen LogP contribution >= 0.6 is 0 Å². The molecule has 0 radical (unpaired) electrons. The van der Waals surface area contributed by atoms with Gasteiger partial charge in [-0.25, -0.2) is 9.59 Å². The Morgan fingerprint density at radius 2 is 1.48 bits per heavy atom. The van der Waals surface area contributed by atoms with Crippen LogP contribution < -0.4 is 9.57 Å². The maximum absolute atomic E-state index is 11.5. The summed E-state index contributed by atoms with van der Waals surface area (Å²) in [6.45, 7) is 0. The number of rotatable bonds is 4. The molecule has 23 heavy (non-hydrogen) atoms. The van der Waals surface area contributed by atoms with Crippen LogP contribution in [0.4, 0.5) is 0 Å². The first-order valence-electron chi connectivity index (χ1n) is 6.48. The third-order valence-corrected chi connectivity index (χ3v) is 2.40. The Morgan fingerprint density at radius 3 is 2.09 bits per heavy atom. The van der Waals surface area contributed by atoms with Gasteiger partial charge in [0, 0.05) is 0 Å². The smallest absolute Gasteiger partial charge is 0.401 e. The van der Waals surface area contributed by atoms with Crippen LogP contribution in [0.5, 0.6) is 11.5 Å². The predicted molar refractivity (Wildman–Crippen MR) is 81.5 cm³/mol. The van der Waals surface area contributed by atoms with E-state index in [9.17, 15) is 9.59 Å². The van der Waals surface area contributed by atoms with Gasteiger partial charge in [-0.05, 0) is 24.3 Å². The highest BCUT2D eigenvalue weighted by Gasteiger charge is 2.17. The molecule has 0 fully saturated rings. The lowest BCUT2D eigenvalue weighted by Gasteiger charge is -2.04. The predicted octanol–water partition coefficient (Wildman–Crippen LogP) is 2.18. The van der Waals surface area contributed by atoms with Crippen LogP contribution in [0, 0.1) is 5.41 Å². The Bertz CT molecular complexity index is 714. The Balaban J connectivity index is 1.80. The first kappa shape index (κ1) is 15.9. The number of nitrogens with one attached hydrogen (secondary N) is 1. The summed E-state index contributed by atoms with van der Waals surface area (Å²) < 4.78 is 9.30. The summed E-state index contributed by atoms with van der Waals surface area (Å²) in [5, 5.41) is 10.8. The zero-order chi connectivity index (χ0) is 16.5. The molecule has 2 rings (SSSR count). The minimum absolute atomic E-state index is 0.281. The minimum atomic E-state index is -1.23. The zero-order valence-corrected chi connectivity index (χ0v) is 11.8. The molecule has 0 unspecified atom stereocenters. The zero-order valence-electron chi connectivity index (χ0n) is 11.8. The highest BCUT2D eigenvalue weighted by molar-refractivity contribution is 6.37. The first-order chi connectivity index (χ1) is 11.1. The fourth-order valence-corrected chi connectivity index (χ4v) is 1.42. The number of benzene rings is 2. The number of hydrogen-bond acceptors (Lipinski definition) is 7. The topological polar surface area (TPSA) is 98.0 Å². The number of hydrogen-bond donors (Lipinski definition) is 1. The van der Waals surface area contributed by atoms with Gasteiger partial charge in [-0.3, -0.25) is 5.41 Å². The molecule has 0 aliphatic heterocycles. The van der Waals surface area contributed by atoms with Gasteiger partial charge < -0.3 is 14.3 Å². The Kier molecular flexibility index (Phi) is 5.59. The van der Waals surface area contributed by atoms with Gasteiger partial charge in [-0.15, -0.1) is 0 Å². The lowest BCUT2D eigenvalue weighted by Crippen LogP contribution is -2.25. The van der Waals surface area contributed by atoms with Crippen LogP contribution in [0.2, 0.25) is 0 Å². The van der Waals surface area contributed by atoms with Crippen molar-refractivity contribution in [3.05, 3.63) is 60.7 Å². The lowest BCUT2D eigenvalue weighted by molar-refractivity contribution is -0.150. The van der Waals surface area contributed by atoms with E-state index < -0.39 is 17.8 Å². The number of ether oxygens (including phenoxy) is 2. The molecule has 116 valence electrons. The second-order valence-corrected chi connectivity index (χ2v) is 4.09. The summed E-state index contributed by atoms with van der Waals surface area (Å²) in [5.74, 6) is -2.43. The molecular formula is C16H12N2O5. The second kappa shape index (κ2) is 8.08. The van der Waals surface area contributed by atoms with E-state index in [1.165, 1.54) is 0 Å². The summed E-state index contributed by atoms with van der Waals surface area (Å²) in [4.78, 5) is 27.8. The summed E-state index contributed by atoms with van der Waals surface area (Å²) in [6, 6.07) is 16.7. The number of carbonyl (C=O) groups excluding carboxylic acids is 2. The van der Waals surface area contributed by atoms with Crippen LogP contribution in [0.3, 0.4) is 0 Å². The number of nitrogens with zero attached hydrogens (tertiary/aromatic N) is 1. The van der Waals surface area contributed by atoms with Gasteiger partial charge in [-0.1, -0.05) is 41.6 Å². The molecule has 0 aliphatic rings. The average molecular weight is 312 g/mol. The minimum Gasteiger partial charge on any atom is -0.434 e. The third kappa shape index (κ3) is 5.43. The van der Waals surface area contributed by atoms with E-state index in [0.717, 1.165) is 0 Å². The van der Waals surface area contributed by atoms with E-state index >= 15 is 0 Å². The number of oxime groups is 1. The van der Waals surface area contributed by atoms with Crippen molar-refractivity contribution < 1.29 is 23.9 Å². The molecule has 7 heteroatoms. The highest BCUT2D eigenvalue weighted by atomic mass is 16.6. The molecule has 2 aromatic carbocycles. The SMILES string of the molecule is N=C(Oc1ccccc1)C(=O)OC(=O)C=NOc1ccccc1. The quantitative estimate of drug-likeness (QED) is 0.307. The fourth-order valence-electron chi connectivity index (χ4n) is 1.42. The average Bonchev–Trinajstić information content (AvgIpc) is 2.56. The summed E-state index contributed by atoms with van der Waals surface area (Å²) in [5.41, 5.74) is 0. The van der Waals surface area contributed by atoms with Gasteiger partial charge in [0.05, 0.1) is 0 Å². The maximum atomic E-state index is 11.5. The summed E-state index contributed by atoms with van der Waals surface area (Å²) >= 11 is 0. The lowest BCUT2D eigenvalue weighted by atomic mass is 10.3.